The Hall–Kier alpha value is 0.120. The van der Waals surface area contributed by atoms with Crippen LogP contribution in [0.15, 0.2) is 11.1 Å². The van der Waals surface area contributed by atoms with Crippen LogP contribution in [0, 0.1) is 0 Å². The molecule has 4 N–H and O–H groups in total. The molecule has 0 fully saturated rings. The highest BCUT2D eigenvalue weighted by molar-refractivity contribution is 8.15. The number of thioether (sulfide) groups is 1. The van der Waals surface area contributed by atoms with Crippen molar-refractivity contribution in [3.63, 3.8) is 0 Å². The second-order valence-electron chi connectivity index (χ2n) is 3.01. The third kappa shape index (κ3) is 2.30. The fourth-order valence-corrected chi connectivity index (χ4v) is 2.45. The molecule has 0 aromatic carbocycles. The molecular weight excluding hydrogens is 196 g/mol. The van der Waals surface area contributed by atoms with Crippen LogP contribution in [0.4, 0.5) is 0 Å². The molecule has 2 unspecified atom stereocenters. The van der Waals surface area contributed by atoms with Crippen molar-refractivity contribution in [2.75, 3.05) is 0 Å². The third-order valence-electron chi connectivity index (χ3n) is 1.40. The fraction of sp³-hybridized carbons (Fsp3) is 0.667. The maximum atomic E-state index is 10.8. The van der Waals surface area contributed by atoms with Gasteiger partial charge in [0.1, 0.15) is 0 Å². The van der Waals surface area contributed by atoms with Gasteiger partial charge in [0.25, 0.3) is 4.71 Å². The molecule has 12 heavy (non-hydrogen) atoms. The van der Waals surface area contributed by atoms with Gasteiger partial charge in [-0.3, -0.25) is 0 Å². The van der Waals surface area contributed by atoms with Crippen molar-refractivity contribution in [2.45, 2.75) is 24.2 Å². The van der Waals surface area contributed by atoms with Crippen molar-refractivity contribution in [1.29, 1.82) is 0 Å². The van der Waals surface area contributed by atoms with E-state index in [0.717, 1.165) is 4.91 Å². The molecule has 0 saturated heterocycles. The summed E-state index contributed by atoms with van der Waals surface area (Å²) < 4.78 is 10.5. The molecule has 4 nitrogen and oxygen atoms in total. The number of hydrogen-bond acceptors (Lipinski definition) is 5. The minimum atomic E-state index is -1.41. The van der Waals surface area contributed by atoms with Crippen LogP contribution in [0.2, 0.25) is 0 Å². The zero-order valence-electron chi connectivity index (χ0n) is 6.90. The lowest BCUT2D eigenvalue weighted by molar-refractivity contribution is 0.129. The summed E-state index contributed by atoms with van der Waals surface area (Å²) in [6.45, 7) is 3.35. The number of nitrogens with one attached hydrogen (secondary N) is 1. The summed E-state index contributed by atoms with van der Waals surface area (Å²) in [4.78, 5) is 0.756. The van der Waals surface area contributed by atoms with Crippen molar-refractivity contribution in [3.8, 4) is 0 Å². The first-order valence-corrected chi connectivity index (χ1v) is 5.57. The molecule has 6 heteroatoms. The van der Waals surface area contributed by atoms with E-state index in [1.807, 2.05) is 0 Å². The summed E-state index contributed by atoms with van der Waals surface area (Å²) in [7, 11) is 0. The Bertz CT molecular complexity index is 200. The van der Waals surface area contributed by atoms with Crippen molar-refractivity contribution in [3.05, 3.63) is 11.1 Å². The summed E-state index contributed by atoms with van der Waals surface area (Å²) in [6.07, 6.45) is 1.65. The van der Waals surface area contributed by atoms with Gasteiger partial charge in [-0.05, 0) is 25.6 Å². The van der Waals surface area contributed by atoms with Crippen LogP contribution in [-0.2, 0) is 11.4 Å². The van der Waals surface area contributed by atoms with Gasteiger partial charge in [0.05, 0.1) is 17.0 Å². The molecule has 1 aliphatic heterocycles. The topological polar surface area (TPSA) is 81.3 Å². The standard InChI is InChI=1S/C6H12N2O2S2/c1-6(2,9)4-3-8-5(11-4)12(7)10/h3,5,8-9H,7H2,1-2H3. The van der Waals surface area contributed by atoms with Crippen molar-refractivity contribution in [1.82, 2.24) is 5.32 Å². The Morgan fingerprint density at radius 1 is 1.83 bits per heavy atom. The minimum Gasteiger partial charge on any atom is -0.596 e. The number of rotatable bonds is 2. The van der Waals surface area contributed by atoms with Gasteiger partial charge in [0.2, 0.25) is 0 Å². The quantitative estimate of drug-likeness (QED) is 0.549. The van der Waals surface area contributed by atoms with E-state index in [9.17, 15) is 9.66 Å². The molecule has 1 aliphatic rings. The van der Waals surface area contributed by atoms with Gasteiger partial charge in [-0.1, -0.05) is 0 Å². The third-order valence-corrected chi connectivity index (χ3v) is 4.04. The van der Waals surface area contributed by atoms with Gasteiger partial charge in [0, 0.05) is 11.1 Å². The highest BCUT2D eigenvalue weighted by Gasteiger charge is 2.33. The summed E-state index contributed by atoms with van der Waals surface area (Å²) >= 11 is -0.107. The predicted molar refractivity (Wildman–Crippen MR) is 51.2 cm³/mol. The highest BCUT2D eigenvalue weighted by Crippen LogP contribution is 2.35. The lowest BCUT2D eigenvalue weighted by Crippen LogP contribution is -2.33. The van der Waals surface area contributed by atoms with Crippen LogP contribution in [0.25, 0.3) is 0 Å². The van der Waals surface area contributed by atoms with E-state index in [1.54, 1.807) is 20.0 Å². The monoisotopic (exact) mass is 208 g/mol. The fourth-order valence-electron chi connectivity index (χ4n) is 0.762. The van der Waals surface area contributed by atoms with Gasteiger partial charge in [0.15, 0.2) is 0 Å². The number of aliphatic hydroxyl groups is 1. The van der Waals surface area contributed by atoms with Crippen LogP contribution in [0.1, 0.15) is 13.8 Å². The van der Waals surface area contributed by atoms with E-state index >= 15 is 0 Å². The largest absolute Gasteiger partial charge is 0.596 e. The summed E-state index contributed by atoms with van der Waals surface area (Å²) in [6, 6.07) is 0. The first-order valence-electron chi connectivity index (χ1n) is 3.42. The van der Waals surface area contributed by atoms with Crippen LogP contribution in [0.5, 0.6) is 0 Å². The van der Waals surface area contributed by atoms with Gasteiger partial charge in [-0.25, -0.2) is 0 Å². The van der Waals surface area contributed by atoms with Gasteiger partial charge in [-0.2, -0.15) is 0 Å². The lowest BCUT2D eigenvalue weighted by Gasteiger charge is -2.18. The molecule has 70 valence electrons. The predicted octanol–water partition coefficient (Wildman–Crippen LogP) is -0.159. The van der Waals surface area contributed by atoms with E-state index in [1.165, 1.54) is 11.8 Å². The molecule has 0 bridgehead atoms. The van der Waals surface area contributed by atoms with Crippen molar-refractivity contribution in [2.24, 2.45) is 5.14 Å². The molecule has 0 aromatic rings. The Kier molecular flexibility index (Phi) is 2.95. The van der Waals surface area contributed by atoms with E-state index < -0.39 is 17.0 Å². The van der Waals surface area contributed by atoms with Gasteiger partial charge in [-0.15, -0.1) is 5.14 Å². The zero-order valence-corrected chi connectivity index (χ0v) is 8.54. The van der Waals surface area contributed by atoms with E-state index in [2.05, 4.69) is 5.32 Å². The maximum Gasteiger partial charge on any atom is 0.256 e. The summed E-state index contributed by atoms with van der Waals surface area (Å²) in [5, 5.41) is 17.6. The molecule has 0 radical (unpaired) electrons. The minimum absolute atomic E-state index is 0.327. The molecular formula is C6H12N2O2S2. The summed E-state index contributed by atoms with van der Waals surface area (Å²) in [5.41, 5.74) is -0.883. The van der Waals surface area contributed by atoms with E-state index in [4.69, 9.17) is 5.14 Å². The normalized spacial score (nSPS) is 26.4. The first kappa shape index (κ1) is 10.2. The van der Waals surface area contributed by atoms with Crippen LogP contribution < -0.4 is 10.5 Å². The highest BCUT2D eigenvalue weighted by atomic mass is 32.3. The van der Waals surface area contributed by atoms with E-state index in [-0.39, 0.29) is 4.71 Å². The molecule has 0 spiro atoms. The number of nitrogens with two attached hydrogens (primary N) is 1. The first-order chi connectivity index (χ1) is 5.41. The molecule has 0 aromatic heterocycles. The molecule has 1 rings (SSSR count). The average molecular weight is 208 g/mol. The Labute approximate surface area is 78.9 Å². The Balaban J connectivity index is 2.55. The van der Waals surface area contributed by atoms with Crippen molar-refractivity contribution < 1.29 is 9.66 Å². The second-order valence-corrected chi connectivity index (χ2v) is 5.59. The molecule has 0 amide bonds. The van der Waals surface area contributed by atoms with Gasteiger partial charge < -0.3 is 15.0 Å². The Morgan fingerprint density at radius 3 is 2.67 bits per heavy atom. The lowest BCUT2D eigenvalue weighted by atomic mass is 10.1. The molecule has 2 atom stereocenters. The van der Waals surface area contributed by atoms with Crippen LogP contribution >= 0.6 is 11.8 Å². The zero-order chi connectivity index (χ0) is 9.35. The molecule has 0 aliphatic carbocycles. The summed E-state index contributed by atoms with van der Waals surface area (Å²) in [5.74, 6) is 0. The average Bonchev–Trinajstić information content (AvgIpc) is 2.30. The SMILES string of the molecule is CC(C)(O)C1=CNC([S+](N)[O-])S1. The van der Waals surface area contributed by atoms with Crippen LogP contribution in [0.3, 0.4) is 0 Å². The molecule has 1 heterocycles. The van der Waals surface area contributed by atoms with Crippen LogP contribution in [-0.4, -0.2) is 20.0 Å². The van der Waals surface area contributed by atoms with Gasteiger partial charge >= 0.3 is 0 Å². The van der Waals surface area contributed by atoms with E-state index in [0.29, 0.717) is 0 Å². The van der Waals surface area contributed by atoms with Crippen molar-refractivity contribution >= 4 is 23.1 Å². The maximum absolute atomic E-state index is 10.8. The second kappa shape index (κ2) is 3.47. The smallest absolute Gasteiger partial charge is 0.256 e. The number of hydrogen-bond donors (Lipinski definition) is 3. The molecule has 0 saturated carbocycles. The Morgan fingerprint density at radius 2 is 2.42 bits per heavy atom.